The summed E-state index contributed by atoms with van der Waals surface area (Å²) in [6.45, 7) is 7.41. The molecule has 0 aliphatic carbocycles. The molecule has 1 aromatic rings. The Hall–Kier alpha value is -1.26. The molecule has 0 spiro atoms. The molecule has 118 valence electrons. The average Bonchev–Trinajstić information content (AvgIpc) is 2.49. The normalized spacial score (nSPS) is 22.8. The molecule has 2 atom stereocenters. The number of hydrogen-bond donors (Lipinski definition) is 2. The van der Waals surface area contributed by atoms with Gasteiger partial charge in [0, 0.05) is 18.6 Å². The van der Waals surface area contributed by atoms with Crippen LogP contribution >= 0.6 is 0 Å². The second kappa shape index (κ2) is 6.67. The van der Waals surface area contributed by atoms with Crippen molar-refractivity contribution in [3.05, 3.63) is 23.8 Å². The van der Waals surface area contributed by atoms with Crippen molar-refractivity contribution in [2.24, 2.45) is 11.7 Å². The molecule has 0 amide bonds. The molecule has 1 aromatic carbocycles. The predicted octanol–water partition coefficient (Wildman–Crippen LogP) is 2.39. The molecule has 1 aliphatic rings. The number of methoxy groups -OCH3 is 1. The van der Waals surface area contributed by atoms with Gasteiger partial charge in [-0.2, -0.15) is 0 Å². The van der Waals surface area contributed by atoms with E-state index in [-0.39, 0.29) is 11.3 Å². The minimum Gasteiger partial charge on any atom is -0.504 e. The van der Waals surface area contributed by atoms with Crippen molar-refractivity contribution in [1.82, 2.24) is 4.90 Å². The maximum absolute atomic E-state index is 9.71. The maximum Gasteiger partial charge on any atom is 0.160 e. The molecule has 2 rings (SSSR count). The van der Waals surface area contributed by atoms with Crippen molar-refractivity contribution in [2.75, 3.05) is 26.7 Å². The average molecular weight is 292 g/mol. The van der Waals surface area contributed by atoms with E-state index in [2.05, 4.69) is 18.7 Å². The molecule has 0 radical (unpaired) electrons. The third-order valence-electron chi connectivity index (χ3n) is 4.69. The number of hydrogen-bond acceptors (Lipinski definition) is 4. The molecule has 3 N–H and O–H groups in total. The van der Waals surface area contributed by atoms with Crippen LogP contribution in [0.25, 0.3) is 0 Å². The number of phenolic OH excluding ortho intramolecular Hbond substituents is 1. The highest BCUT2D eigenvalue weighted by molar-refractivity contribution is 5.42. The summed E-state index contributed by atoms with van der Waals surface area (Å²) < 4.78 is 5.20. The SMILES string of the molecule is COc1cc(CC(C)(CN)N2CCCC(C)C2)ccc1O. The Morgan fingerprint density at radius 1 is 1.48 bits per heavy atom. The predicted molar refractivity (Wildman–Crippen MR) is 85.8 cm³/mol. The largest absolute Gasteiger partial charge is 0.504 e. The van der Waals surface area contributed by atoms with E-state index in [4.69, 9.17) is 10.5 Å². The zero-order valence-corrected chi connectivity index (χ0v) is 13.4. The molecule has 1 aliphatic heterocycles. The molecule has 21 heavy (non-hydrogen) atoms. The summed E-state index contributed by atoms with van der Waals surface area (Å²) in [7, 11) is 1.58. The summed E-state index contributed by atoms with van der Waals surface area (Å²) in [6.07, 6.45) is 3.42. The first-order valence-electron chi connectivity index (χ1n) is 7.79. The highest BCUT2D eigenvalue weighted by atomic mass is 16.5. The standard InChI is InChI=1S/C17H28N2O2/c1-13-5-4-8-19(11-13)17(2,12-18)10-14-6-7-15(20)16(9-14)21-3/h6-7,9,13,20H,4-5,8,10-12,18H2,1-3H3. The van der Waals surface area contributed by atoms with E-state index in [1.54, 1.807) is 13.2 Å². The van der Waals surface area contributed by atoms with Gasteiger partial charge in [-0.15, -0.1) is 0 Å². The van der Waals surface area contributed by atoms with Crippen LogP contribution in [0.3, 0.4) is 0 Å². The van der Waals surface area contributed by atoms with Gasteiger partial charge in [0.2, 0.25) is 0 Å². The maximum atomic E-state index is 9.71. The van der Waals surface area contributed by atoms with Gasteiger partial charge >= 0.3 is 0 Å². The number of ether oxygens (including phenoxy) is 1. The first kappa shape index (κ1) is 16.1. The quantitative estimate of drug-likeness (QED) is 0.875. The van der Waals surface area contributed by atoms with Gasteiger partial charge in [-0.3, -0.25) is 4.90 Å². The van der Waals surface area contributed by atoms with Crippen LogP contribution in [0.15, 0.2) is 18.2 Å². The van der Waals surface area contributed by atoms with Gasteiger partial charge in [-0.05, 0) is 56.3 Å². The Balaban J connectivity index is 2.17. The van der Waals surface area contributed by atoms with Gasteiger partial charge < -0.3 is 15.6 Å². The zero-order chi connectivity index (χ0) is 15.5. The van der Waals surface area contributed by atoms with E-state index < -0.39 is 0 Å². The fourth-order valence-electron chi connectivity index (χ4n) is 3.26. The number of likely N-dealkylation sites (tertiary alicyclic amines) is 1. The Morgan fingerprint density at radius 3 is 2.86 bits per heavy atom. The van der Waals surface area contributed by atoms with Crippen molar-refractivity contribution in [3.8, 4) is 11.5 Å². The lowest BCUT2D eigenvalue weighted by molar-refractivity contribution is 0.0641. The van der Waals surface area contributed by atoms with Crippen LogP contribution in [0.4, 0.5) is 0 Å². The number of phenols is 1. The molecule has 2 unspecified atom stereocenters. The zero-order valence-electron chi connectivity index (χ0n) is 13.4. The van der Waals surface area contributed by atoms with Crippen LogP contribution in [0.1, 0.15) is 32.3 Å². The van der Waals surface area contributed by atoms with Crippen molar-refractivity contribution in [1.29, 1.82) is 0 Å². The molecular formula is C17H28N2O2. The fourth-order valence-corrected chi connectivity index (χ4v) is 3.26. The summed E-state index contributed by atoms with van der Waals surface area (Å²) in [5.41, 5.74) is 7.21. The van der Waals surface area contributed by atoms with Gasteiger partial charge in [-0.25, -0.2) is 0 Å². The lowest BCUT2D eigenvalue weighted by Gasteiger charge is -2.45. The lowest BCUT2D eigenvalue weighted by atomic mass is 9.87. The molecule has 0 aromatic heterocycles. The molecule has 4 nitrogen and oxygen atoms in total. The van der Waals surface area contributed by atoms with Crippen molar-refractivity contribution >= 4 is 0 Å². The molecule has 0 saturated carbocycles. The van der Waals surface area contributed by atoms with Crippen LogP contribution in [-0.2, 0) is 6.42 Å². The highest BCUT2D eigenvalue weighted by Crippen LogP contribution is 2.31. The Morgan fingerprint density at radius 2 is 2.24 bits per heavy atom. The van der Waals surface area contributed by atoms with Crippen LogP contribution in [-0.4, -0.2) is 42.3 Å². The molecule has 0 bridgehead atoms. The van der Waals surface area contributed by atoms with Crippen LogP contribution in [0, 0.1) is 5.92 Å². The van der Waals surface area contributed by atoms with Gasteiger partial charge in [-0.1, -0.05) is 13.0 Å². The van der Waals surface area contributed by atoms with Crippen LogP contribution < -0.4 is 10.5 Å². The fraction of sp³-hybridized carbons (Fsp3) is 0.647. The third kappa shape index (κ3) is 3.69. The Bertz CT molecular complexity index is 478. The van der Waals surface area contributed by atoms with E-state index in [0.29, 0.717) is 12.3 Å². The number of piperidine rings is 1. The van der Waals surface area contributed by atoms with E-state index in [1.807, 2.05) is 12.1 Å². The number of benzene rings is 1. The van der Waals surface area contributed by atoms with Gasteiger partial charge in [0.1, 0.15) is 0 Å². The molecule has 4 heteroatoms. The van der Waals surface area contributed by atoms with Crippen LogP contribution in [0.2, 0.25) is 0 Å². The van der Waals surface area contributed by atoms with E-state index >= 15 is 0 Å². The second-order valence-electron chi connectivity index (χ2n) is 6.58. The molecule has 1 fully saturated rings. The van der Waals surface area contributed by atoms with Crippen LogP contribution in [0.5, 0.6) is 11.5 Å². The Labute approximate surface area is 127 Å². The van der Waals surface area contributed by atoms with Gasteiger partial charge in [0.05, 0.1) is 7.11 Å². The van der Waals surface area contributed by atoms with E-state index in [1.165, 1.54) is 12.8 Å². The molecule has 1 saturated heterocycles. The summed E-state index contributed by atoms with van der Waals surface area (Å²) >= 11 is 0. The Kier molecular flexibility index (Phi) is 5.12. The molecule has 1 heterocycles. The number of nitrogens with zero attached hydrogens (tertiary/aromatic N) is 1. The lowest BCUT2D eigenvalue weighted by Crippen LogP contribution is -2.56. The summed E-state index contributed by atoms with van der Waals surface area (Å²) in [5.74, 6) is 1.44. The first-order chi connectivity index (χ1) is 9.98. The summed E-state index contributed by atoms with van der Waals surface area (Å²) in [4.78, 5) is 2.53. The number of aromatic hydroxyl groups is 1. The van der Waals surface area contributed by atoms with Crippen molar-refractivity contribution in [3.63, 3.8) is 0 Å². The monoisotopic (exact) mass is 292 g/mol. The highest BCUT2D eigenvalue weighted by Gasteiger charge is 2.33. The second-order valence-corrected chi connectivity index (χ2v) is 6.58. The third-order valence-corrected chi connectivity index (χ3v) is 4.69. The van der Waals surface area contributed by atoms with Gasteiger partial charge in [0.15, 0.2) is 11.5 Å². The van der Waals surface area contributed by atoms with E-state index in [0.717, 1.165) is 31.0 Å². The first-order valence-corrected chi connectivity index (χ1v) is 7.79. The smallest absolute Gasteiger partial charge is 0.160 e. The number of nitrogens with two attached hydrogens (primary N) is 1. The van der Waals surface area contributed by atoms with E-state index in [9.17, 15) is 5.11 Å². The topological polar surface area (TPSA) is 58.7 Å². The van der Waals surface area contributed by atoms with Crippen molar-refractivity contribution in [2.45, 2.75) is 38.6 Å². The summed E-state index contributed by atoms with van der Waals surface area (Å²) in [5, 5.41) is 9.71. The minimum atomic E-state index is -0.0450. The van der Waals surface area contributed by atoms with Gasteiger partial charge in [0.25, 0.3) is 0 Å². The summed E-state index contributed by atoms with van der Waals surface area (Å²) in [6, 6.07) is 5.57. The van der Waals surface area contributed by atoms with Crippen molar-refractivity contribution < 1.29 is 9.84 Å². The molecular weight excluding hydrogens is 264 g/mol. The minimum absolute atomic E-state index is 0.0450. The number of rotatable bonds is 5.